The minimum atomic E-state index is -3.72. The van der Waals surface area contributed by atoms with Gasteiger partial charge in [0.15, 0.2) is 0 Å². The van der Waals surface area contributed by atoms with Gasteiger partial charge in [-0.3, -0.25) is 0 Å². The van der Waals surface area contributed by atoms with Crippen LogP contribution in [-0.4, -0.2) is 55.2 Å². The van der Waals surface area contributed by atoms with Crippen molar-refractivity contribution < 1.29 is 17.9 Å². The van der Waals surface area contributed by atoms with E-state index >= 15 is 0 Å². The number of hydrogen-bond acceptors (Lipinski definition) is 5. The van der Waals surface area contributed by atoms with Gasteiger partial charge >= 0.3 is 6.09 Å². The fraction of sp³-hybridized carbons (Fsp3) is 0.464. The van der Waals surface area contributed by atoms with E-state index in [-0.39, 0.29) is 17.0 Å². The summed E-state index contributed by atoms with van der Waals surface area (Å²) in [5.74, 6) is 0.336. The van der Waals surface area contributed by atoms with Crippen LogP contribution < -0.4 is 4.90 Å². The number of fused-ring (bicyclic) bond motifs is 1. The number of piperidine rings is 1. The summed E-state index contributed by atoms with van der Waals surface area (Å²) in [6.07, 6.45) is 2.99. The second kappa shape index (κ2) is 9.81. The standard InChI is InChI=1S/C28H37N3O4S/c1-20(2)21-10-12-23(13-11-21)36(33,34)31-19-16-24-25(8-7-9-26(24)31)29(6)22-14-17-30(18-15-22)27(32)35-28(3,4)5/h7-13,16,19-20,22H,14-15,17-18H2,1-6H3. The van der Waals surface area contributed by atoms with Crippen LogP contribution in [0.3, 0.4) is 0 Å². The van der Waals surface area contributed by atoms with Gasteiger partial charge in [-0.05, 0) is 75.4 Å². The predicted octanol–water partition coefficient (Wildman–Crippen LogP) is 5.84. The Hall–Kier alpha value is -3.00. The summed E-state index contributed by atoms with van der Waals surface area (Å²) >= 11 is 0. The maximum Gasteiger partial charge on any atom is 0.410 e. The number of benzene rings is 2. The molecule has 8 heteroatoms. The van der Waals surface area contributed by atoms with Gasteiger partial charge in [-0.15, -0.1) is 0 Å². The second-order valence-corrected chi connectivity index (χ2v) is 12.7. The molecule has 2 heterocycles. The van der Waals surface area contributed by atoms with Gasteiger partial charge in [-0.2, -0.15) is 0 Å². The Morgan fingerprint density at radius 1 is 1.03 bits per heavy atom. The second-order valence-electron chi connectivity index (χ2n) is 10.9. The summed E-state index contributed by atoms with van der Waals surface area (Å²) in [6, 6.07) is 15.0. The van der Waals surface area contributed by atoms with Gasteiger partial charge in [0.25, 0.3) is 10.0 Å². The number of hydrogen-bond donors (Lipinski definition) is 0. The average molecular weight is 512 g/mol. The number of amides is 1. The molecular formula is C28H37N3O4S. The Kier molecular flexibility index (Phi) is 7.10. The maximum absolute atomic E-state index is 13.5. The SMILES string of the molecule is CC(C)c1ccc(S(=O)(=O)n2ccc3c(N(C)C4CCN(C(=O)OC(C)(C)C)CC4)cccc32)cc1. The van der Waals surface area contributed by atoms with Crippen LogP contribution in [0.1, 0.15) is 58.9 Å². The first kappa shape index (κ1) is 26.1. The lowest BCUT2D eigenvalue weighted by molar-refractivity contribution is 0.0205. The van der Waals surface area contributed by atoms with Crippen LogP contribution in [0.5, 0.6) is 0 Å². The fourth-order valence-corrected chi connectivity index (χ4v) is 6.09. The molecule has 36 heavy (non-hydrogen) atoms. The maximum atomic E-state index is 13.5. The van der Waals surface area contributed by atoms with Crippen molar-refractivity contribution in [3.63, 3.8) is 0 Å². The quantitative estimate of drug-likeness (QED) is 0.431. The first-order valence-corrected chi connectivity index (χ1v) is 14.0. The zero-order valence-electron chi connectivity index (χ0n) is 22.1. The number of aromatic nitrogens is 1. The molecule has 2 aromatic carbocycles. The number of likely N-dealkylation sites (tertiary alicyclic amines) is 1. The van der Waals surface area contributed by atoms with Gasteiger partial charge < -0.3 is 14.5 Å². The number of anilines is 1. The zero-order chi connectivity index (χ0) is 26.3. The third-order valence-corrected chi connectivity index (χ3v) is 8.53. The van der Waals surface area contributed by atoms with Crippen LogP contribution in [0.15, 0.2) is 59.6 Å². The number of nitrogens with zero attached hydrogens (tertiary/aromatic N) is 3. The largest absolute Gasteiger partial charge is 0.444 e. The molecule has 1 aliphatic rings. The Bertz CT molecular complexity index is 1330. The van der Waals surface area contributed by atoms with E-state index in [1.165, 1.54) is 3.97 Å². The normalized spacial score (nSPS) is 15.5. The molecule has 7 nitrogen and oxygen atoms in total. The van der Waals surface area contributed by atoms with Crippen molar-refractivity contribution in [2.24, 2.45) is 0 Å². The van der Waals surface area contributed by atoms with Crippen molar-refractivity contribution in [3.05, 3.63) is 60.3 Å². The highest BCUT2D eigenvalue weighted by Gasteiger charge is 2.29. The smallest absolute Gasteiger partial charge is 0.410 e. The predicted molar refractivity (Wildman–Crippen MR) is 144 cm³/mol. The van der Waals surface area contributed by atoms with Crippen molar-refractivity contribution in [1.82, 2.24) is 8.87 Å². The Morgan fingerprint density at radius 3 is 2.25 bits per heavy atom. The van der Waals surface area contributed by atoms with Crippen molar-refractivity contribution in [1.29, 1.82) is 0 Å². The molecule has 1 aromatic heterocycles. The highest BCUT2D eigenvalue weighted by molar-refractivity contribution is 7.90. The van der Waals surface area contributed by atoms with E-state index in [1.54, 1.807) is 23.2 Å². The summed E-state index contributed by atoms with van der Waals surface area (Å²) in [6.45, 7) is 11.0. The molecule has 1 saturated heterocycles. The van der Waals surface area contributed by atoms with E-state index in [1.807, 2.05) is 64.2 Å². The minimum absolute atomic E-state index is 0.234. The van der Waals surface area contributed by atoms with Crippen LogP contribution in [0.2, 0.25) is 0 Å². The van der Waals surface area contributed by atoms with Crippen molar-refractivity contribution in [2.45, 2.75) is 69.9 Å². The van der Waals surface area contributed by atoms with Gasteiger partial charge in [-0.25, -0.2) is 17.2 Å². The molecule has 1 aliphatic heterocycles. The molecule has 0 bridgehead atoms. The van der Waals surface area contributed by atoms with E-state index < -0.39 is 15.6 Å². The van der Waals surface area contributed by atoms with Crippen molar-refractivity contribution >= 4 is 32.7 Å². The molecule has 194 valence electrons. The van der Waals surface area contributed by atoms with Crippen LogP contribution >= 0.6 is 0 Å². The van der Waals surface area contributed by atoms with Crippen molar-refractivity contribution in [3.8, 4) is 0 Å². The molecule has 1 amide bonds. The van der Waals surface area contributed by atoms with E-state index in [0.717, 1.165) is 29.5 Å². The molecule has 0 spiro atoms. The molecule has 4 rings (SSSR count). The number of rotatable bonds is 5. The lowest BCUT2D eigenvalue weighted by Gasteiger charge is -2.38. The lowest BCUT2D eigenvalue weighted by Crippen LogP contribution is -2.47. The molecule has 0 saturated carbocycles. The van der Waals surface area contributed by atoms with Gasteiger partial charge in [0.2, 0.25) is 0 Å². The molecule has 0 unspecified atom stereocenters. The monoisotopic (exact) mass is 511 g/mol. The number of carbonyl (C=O) groups excluding carboxylic acids is 1. The molecular weight excluding hydrogens is 474 g/mol. The van der Waals surface area contributed by atoms with Gasteiger partial charge in [0.1, 0.15) is 5.60 Å². The molecule has 0 N–H and O–H groups in total. The number of carbonyl (C=O) groups is 1. The Labute approximate surface area is 214 Å². The van der Waals surface area contributed by atoms with Gasteiger partial charge in [0.05, 0.1) is 10.4 Å². The third kappa shape index (κ3) is 5.24. The molecule has 0 radical (unpaired) electrons. The zero-order valence-corrected chi connectivity index (χ0v) is 22.9. The first-order chi connectivity index (χ1) is 16.9. The summed E-state index contributed by atoms with van der Waals surface area (Å²) < 4.78 is 33.8. The molecule has 0 aliphatic carbocycles. The van der Waals surface area contributed by atoms with Gasteiger partial charge in [-0.1, -0.05) is 32.0 Å². The highest BCUT2D eigenvalue weighted by Crippen LogP contribution is 2.32. The van der Waals surface area contributed by atoms with E-state index in [4.69, 9.17) is 4.74 Å². The summed E-state index contributed by atoms with van der Waals surface area (Å²) in [5.41, 5.74) is 2.23. The van der Waals surface area contributed by atoms with E-state index in [0.29, 0.717) is 24.5 Å². The van der Waals surface area contributed by atoms with E-state index in [9.17, 15) is 13.2 Å². The van der Waals surface area contributed by atoms with Gasteiger partial charge in [0, 0.05) is 43.4 Å². The topological polar surface area (TPSA) is 71.9 Å². The summed E-state index contributed by atoms with van der Waals surface area (Å²) in [4.78, 5) is 16.7. The number of ether oxygens (including phenoxy) is 1. The van der Waals surface area contributed by atoms with Crippen molar-refractivity contribution in [2.75, 3.05) is 25.0 Å². The highest BCUT2D eigenvalue weighted by atomic mass is 32.2. The van der Waals surface area contributed by atoms with Crippen LogP contribution in [0.4, 0.5) is 10.5 Å². The molecule has 0 atom stereocenters. The minimum Gasteiger partial charge on any atom is -0.444 e. The summed E-state index contributed by atoms with van der Waals surface area (Å²) in [7, 11) is -1.68. The van der Waals surface area contributed by atoms with Crippen LogP contribution in [-0.2, 0) is 14.8 Å². The van der Waals surface area contributed by atoms with Crippen LogP contribution in [0.25, 0.3) is 10.9 Å². The van der Waals surface area contributed by atoms with Crippen LogP contribution in [0, 0.1) is 0 Å². The molecule has 1 fully saturated rings. The van der Waals surface area contributed by atoms with E-state index in [2.05, 4.69) is 18.7 Å². The summed E-state index contributed by atoms with van der Waals surface area (Å²) in [5, 5.41) is 0.886. The Morgan fingerprint density at radius 2 is 1.67 bits per heavy atom. The fourth-order valence-electron chi connectivity index (χ4n) is 4.74. The molecule has 3 aromatic rings. The Balaban J connectivity index is 1.55. The third-order valence-electron chi connectivity index (χ3n) is 6.82. The lowest BCUT2D eigenvalue weighted by atomic mass is 10.0. The average Bonchev–Trinajstić information content (AvgIpc) is 3.28. The first-order valence-electron chi connectivity index (χ1n) is 12.5.